The molecule has 16 heavy (non-hydrogen) atoms. The molecule has 2 saturated carbocycles. The van der Waals surface area contributed by atoms with E-state index in [2.05, 4.69) is 18.9 Å². The van der Waals surface area contributed by atoms with Gasteiger partial charge in [0.05, 0.1) is 0 Å². The molecule has 4 atom stereocenters. The van der Waals surface area contributed by atoms with Gasteiger partial charge in [-0.05, 0) is 50.5 Å². The third-order valence-electron chi connectivity index (χ3n) is 4.92. The first-order valence-electron chi connectivity index (χ1n) is 7.14. The van der Waals surface area contributed by atoms with Crippen LogP contribution in [0.4, 0.5) is 0 Å². The normalized spacial score (nSPS) is 34.9. The Morgan fingerprint density at radius 3 is 2.62 bits per heavy atom. The Kier molecular flexibility index (Phi) is 4.26. The maximum atomic E-state index is 5.87. The van der Waals surface area contributed by atoms with E-state index in [1.54, 1.807) is 0 Å². The molecule has 0 aromatic carbocycles. The average Bonchev–Trinajstić information content (AvgIpc) is 2.87. The van der Waals surface area contributed by atoms with E-state index in [-0.39, 0.29) is 0 Å². The summed E-state index contributed by atoms with van der Waals surface area (Å²) in [6, 6.07) is 0.615. The zero-order chi connectivity index (χ0) is 11.5. The lowest BCUT2D eigenvalue weighted by atomic mass is 9.88. The molecule has 4 unspecified atom stereocenters. The Morgan fingerprint density at radius 2 is 2.12 bits per heavy atom. The van der Waals surface area contributed by atoms with Gasteiger partial charge < -0.3 is 10.6 Å². The summed E-state index contributed by atoms with van der Waals surface area (Å²) in [5, 5.41) is 0. The van der Waals surface area contributed by atoms with Crippen LogP contribution in [0.5, 0.6) is 0 Å². The Balaban J connectivity index is 1.79. The monoisotopic (exact) mass is 224 g/mol. The van der Waals surface area contributed by atoms with Crippen molar-refractivity contribution in [2.45, 2.75) is 51.5 Å². The van der Waals surface area contributed by atoms with E-state index in [9.17, 15) is 0 Å². The molecule has 2 aliphatic carbocycles. The van der Waals surface area contributed by atoms with Crippen molar-refractivity contribution in [1.29, 1.82) is 0 Å². The third kappa shape index (κ3) is 2.60. The first kappa shape index (κ1) is 12.4. The topological polar surface area (TPSA) is 29.3 Å². The molecule has 0 amide bonds. The van der Waals surface area contributed by atoms with Crippen molar-refractivity contribution in [3.05, 3.63) is 0 Å². The lowest BCUT2D eigenvalue weighted by Crippen LogP contribution is -2.41. The standard InChI is InChI=1S/C14H28N2/c1-3-4-14(9-15)16(2)10-13-8-11-5-6-12(13)7-11/h11-14H,3-10,15H2,1-2H3. The highest BCUT2D eigenvalue weighted by atomic mass is 15.1. The van der Waals surface area contributed by atoms with Crippen LogP contribution in [-0.2, 0) is 0 Å². The first-order valence-corrected chi connectivity index (χ1v) is 7.14. The second-order valence-corrected chi connectivity index (χ2v) is 6.05. The Labute approximate surface area is 101 Å². The molecular formula is C14H28N2. The minimum absolute atomic E-state index is 0.615. The molecule has 0 heterocycles. The number of likely N-dealkylation sites (N-methyl/N-ethyl adjacent to an activating group) is 1. The number of hydrogen-bond donors (Lipinski definition) is 1. The van der Waals surface area contributed by atoms with Gasteiger partial charge in [0.2, 0.25) is 0 Å². The molecule has 0 aliphatic heterocycles. The maximum Gasteiger partial charge on any atom is 0.0215 e. The fourth-order valence-corrected chi connectivity index (χ4v) is 3.97. The van der Waals surface area contributed by atoms with Crippen LogP contribution >= 0.6 is 0 Å². The zero-order valence-corrected chi connectivity index (χ0v) is 11.0. The lowest BCUT2D eigenvalue weighted by Gasteiger charge is -2.32. The van der Waals surface area contributed by atoms with E-state index in [1.165, 1.54) is 45.1 Å². The van der Waals surface area contributed by atoms with Crippen LogP contribution in [0, 0.1) is 17.8 Å². The summed E-state index contributed by atoms with van der Waals surface area (Å²) in [5.74, 6) is 3.10. The smallest absolute Gasteiger partial charge is 0.0215 e. The molecule has 2 heteroatoms. The molecule has 2 aliphatic rings. The van der Waals surface area contributed by atoms with Gasteiger partial charge in [0.25, 0.3) is 0 Å². The van der Waals surface area contributed by atoms with Crippen LogP contribution < -0.4 is 5.73 Å². The van der Waals surface area contributed by atoms with Gasteiger partial charge >= 0.3 is 0 Å². The Morgan fingerprint density at radius 1 is 1.31 bits per heavy atom. The second kappa shape index (κ2) is 5.50. The molecule has 0 spiro atoms. The van der Waals surface area contributed by atoms with Gasteiger partial charge in [-0.25, -0.2) is 0 Å². The van der Waals surface area contributed by atoms with Crippen LogP contribution in [0.1, 0.15) is 45.4 Å². The molecule has 0 radical (unpaired) electrons. The highest BCUT2D eigenvalue weighted by Crippen LogP contribution is 2.48. The van der Waals surface area contributed by atoms with Crippen LogP contribution in [0.3, 0.4) is 0 Å². The van der Waals surface area contributed by atoms with E-state index >= 15 is 0 Å². The average molecular weight is 224 g/mol. The minimum atomic E-state index is 0.615. The predicted octanol–water partition coefficient (Wildman–Crippen LogP) is 2.48. The van der Waals surface area contributed by atoms with E-state index in [1.807, 2.05) is 0 Å². The molecule has 2 fully saturated rings. The van der Waals surface area contributed by atoms with E-state index in [0.717, 1.165) is 24.3 Å². The van der Waals surface area contributed by atoms with Crippen LogP contribution in [0.2, 0.25) is 0 Å². The van der Waals surface area contributed by atoms with E-state index < -0.39 is 0 Å². The summed E-state index contributed by atoms with van der Waals surface area (Å²) in [4.78, 5) is 2.54. The number of nitrogens with zero attached hydrogens (tertiary/aromatic N) is 1. The summed E-state index contributed by atoms with van der Waals surface area (Å²) in [5.41, 5.74) is 5.87. The lowest BCUT2D eigenvalue weighted by molar-refractivity contribution is 0.168. The van der Waals surface area contributed by atoms with E-state index in [4.69, 9.17) is 5.73 Å². The highest BCUT2D eigenvalue weighted by Gasteiger charge is 2.39. The highest BCUT2D eigenvalue weighted by molar-refractivity contribution is 4.91. The first-order chi connectivity index (χ1) is 7.74. The van der Waals surface area contributed by atoms with Crippen LogP contribution in [-0.4, -0.2) is 31.1 Å². The van der Waals surface area contributed by atoms with Crippen LogP contribution in [0.15, 0.2) is 0 Å². The summed E-state index contributed by atoms with van der Waals surface area (Å²) in [7, 11) is 2.28. The largest absolute Gasteiger partial charge is 0.329 e. The van der Waals surface area contributed by atoms with Gasteiger partial charge in [-0.15, -0.1) is 0 Å². The molecule has 0 saturated heterocycles. The molecule has 0 aromatic rings. The third-order valence-corrected chi connectivity index (χ3v) is 4.92. The van der Waals surface area contributed by atoms with Gasteiger partial charge in [0.1, 0.15) is 0 Å². The van der Waals surface area contributed by atoms with Crippen LogP contribution in [0.25, 0.3) is 0 Å². The molecular weight excluding hydrogens is 196 g/mol. The Bertz CT molecular complexity index is 217. The number of nitrogens with two attached hydrogens (primary N) is 1. The summed E-state index contributed by atoms with van der Waals surface area (Å²) in [6.45, 7) is 4.38. The molecule has 2 bridgehead atoms. The van der Waals surface area contributed by atoms with Gasteiger partial charge in [-0.1, -0.05) is 19.8 Å². The van der Waals surface area contributed by atoms with Crippen molar-refractivity contribution >= 4 is 0 Å². The number of rotatable bonds is 6. The zero-order valence-electron chi connectivity index (χ0n) is 11.0. The Hall–Kier alpha value is -0.0800. The summed E-state index contributed by atoms with van der Waals surface area (Å²) in [6.07, 6.45) is 8.55. The molecule has 2 rings (SSSR count). The fourth-order valence-electron chi connectivity index (χ4n) is 3.97. The van der Waals surface area contributed by atoms with Crippen molar-refractivity contribution in [2.24, 2.45) is 23.5 Å². The minimum Gasteiger partial charge on any atom is -0.329 e. The second-order valence-electron chi connectivity index (χ2n) is 6.05. The number of hydrogen-bond acceptors (Lipinski definition) is 2. The van der Waals surface area contributed by atoms with Gasteiger partial charge in [-0.3, -0.25) is 0 Å². The fraction of sp³-hybridized carbons (Fsp3) is 1.00. The SMILES string of the molecule is CCCC(CN)N(C)CC1CC2CCC1C2. The molecule has 2 N–H and O–H groups in total. The maximum absolute atomic E-state index is 5.87. The molecule has 0 aromatic heterocycles. The van der Waals surface area contributed by atoms with E-state index in [0.29, 0.717) is 6.04 Å². The summed E-state index contributed by atoms with van der Waals surface area (Å²) >= 11 is 0. The number of fused-ring (bicyclic) bond motifs is 2. The quantitative estimate of drug-likeness (QED) is 0.751. The van der Waals surface area contributed by atoms with Gasteiger partial charge in [0, 0.05) is 19.1 Å². The molecule has 2 nitrogen and oxygen atoms in total. The predicted molar refractivity (Wildman–Crippen MR) is 69.3 cm³/mol. The van der Waals surface area contributed by atoms with Crippen molar-refractivity contribution in [1.82, 2.24) is 4.90 Å². The van der Waals surface area contributed by atoms with Gasteiger partial charge in [-0.2, -0.15) is 0 Å². The van der Waals surface area contributed by atoms with Crippen molar-refractivity contribution in [3.63, 3.8) is 0 Å². The molecule has 94 valence electrons. The van der Waals surface area contributed by atoms with Gasteiger partial charge in [0.15, 0.2) is 0 Å². The van der Waals surface area contributed by atoms with Crippen molar-refractivity contribution in [2.75, 3.05) is 20.1 Å². The summed E-state index contributed by atoms with van der Waals surface area (Å²) < 4.78 is 0. The van der Waals surface area contributed by atoms with Crippen molar-refractivity contribution in [3.8, 4) is 0 Å². The van der Waals surface area contributed by atoms with Crippen molar-refractivity contribution < 1.29 is 0 Å².